The zero-order valence-corrected chi connectivity index (χ0v) is 10.8. The molecule has 0 amide bonds. The van der Waals surface area contributed by atoms with Crippen molar-refractivity contribution in [2.45, 2.75) is 46.0 Å². The highest BCUT2D eigenvalue weighted by Gasteiger charge is 2.12. The molecule has 96 valence electrons. The molecular formula is C13H27NO2. The van der Waals surface area contributed by atoms with Crippen LogP contribution in [0.15, 0.2) is 0 Å². The molecule has 1 aliphatic rings. The minimum atomic E-state index is 0.677. The number of carbonyl (C=O) groups excluding carboxylic acids is 1. The van der Waals surface area contributed by atoms with E-state index in [1.54, 1.807) is 0 Å². The molecule has 0 aromatic heterocycles. The van der Waals surface area contributed by atoms with Crippen molar-refractivity contribution in [1.29, 1.82) is 0 Å². The Balaban J connectivity index is 0.00000106. The maximum Gasteiger partial charge on any atom is 0.119 e. The lowest BCUT2D eigenvalue weighted by Gasteiger charge is -2.22. The van der Waals surface area contributed by atoms with Crippen molar-refractivity contribution in [2.75, 3.05) is 26.3 Å². The average Bonchev–Trinajstić information content (AvgIpc) is 2.37. The van der Waals surface area contributed by atoms with Crippen LogP contribution in [0.3, 0.4) is 0 Å². The van der Waals surface area contributed by atoms with E-state index < -0.39 is 0 Å². The molecule has 1 rings (SSSR count). The molecule has 1 N–H and O–H groups in total. The molecule has 0 radical (unpaired) electrons. The summed E-state index contributed by atoms with van der Waals surface area (Å²) < 4.78 is 5.58. The Hall–Kier alpha value is -0.410. The third-order valence-electron chi connectivity index (χ3n) is 2.67. The van der Waals surface area contributed by atoms with Gasteiger partial charge < -0.3 is 14.8 Å². The number of hydrogen-bond acceptors (Lipinski definition) is 3. The van der Waals surface area contributed by atoms with Crippen molar-refractivity contribution in [1.82, 2.24) is 5.32 Å². The Kier molecular flexibility index (Phi) is 12.3. The first-order chi connectivity index (χ1) is 7.93. The highest BCUT2D eigenvalue weighted by molar-refractivity contribution is 5.48. The summed E-state index contributed by atoms with van der Waals surface area (Å²) in [6, 6.07) is 0. The second-order valence-corrected chi connectivity index (χ2v) is 3.93. The van der Waals surface area contributed by atoms with E-state index in [9.17, 15) is 4.79 Å². The molecule has 3 heteroatoms. The number of rotatable bonds is 7. The molecule has 1 aliphatic heterocycles. The Morgan fingerprint density at radius 2 is 1.94 bits per heavy atom. The molecule has 0 bridgehead atoms. The first-order valence-electron chi connectivity index (χ1n) is 6.65. The number of unbranched alkanes of at least 4 members (excludes halogenated alkanes) is 2. The molecule has 3 nitrogen and oxygen atoms in total. The van der Waals surface area contributed by atoms with Crippen LogP contribution in [0, 0.1) is 5.92 Å². The fraction of sp³-hybridized carbons (Fsp3) is 0.923. The minimum absolute atomic E-state index is 0.677. The van der Waals surface area contributed by atoms with E-state index in [1.807, 2.05) is 13.8 Å². The number of hydrogen-bond donors (Lipinski definition) is 1. The van der Waals surface area contributed by atoms with E-state index in [1.165, 1.54) is 12.8 Å². The first kappa shape index (κ1) is 15.6. The quantitative estimate of drug-likeness (QED) is 0.538. The maximum absolute atomic E-state index is 10.0. The summed E-state index contributed by atoms with van der Waals surface area (Å²) in [4.78, 5) is 10.0. The van der Waals surface area contributed by atoms with Gasteiger partial charge in [-0.25, -0.2) is 0 Å². The molecule has 0 atom stereocenters. The smallest absolute Gasteiger partial charge is 0.119 e. The molecule has 0 unspecified atom stereocenters. The zero-order valence-electron chi connectivity index (χ0n) is 10.8. The Morgan fingerprint density at radius 3 is 2.56 bits per heavy atom. The Bertz CT molecular complexity index is 145. The third kappa shape index (κ3) is 8.86. The van der Waals surface area contributed by atoms with Crippen molar-refractivity contribution in [3.63, 3.8) is 0 Å². The summed E-state index contributed by atoms with van der Waals surface area (Å²) in [7, 11) is 0. The van der Waals surface area contributed by atoms with E-state index >= 15 is 0 Å². The summed E-state index contributed by atoms with van der Waals surface area (Å²) in [5.41, 5.74) is 0. The number of nitrogens with one attached hydrogen (secondary N) is 1. The lowest BCUT2D eigenvalue weighted by atomic mass is 9.99. The van der Waals surface area contributed by atoms with Crippen LogP contribution in [0.1, 0.15) is 46.0 Å². The van der Waals surface area contributed by atoms with E-state index in [-0.39, 0.29) is 0 Å². The highest BCUT2D eigenvalue weighted by atomic mass is 16.5. The second kappa shape index (κ2) is 12.7. The van der Waals surface area contributed by atoms with Gasteiger partial charge in [0.15, 0.2) is 0 Å². The minimum Gasteiger partial charge on any atom is -0.381 e. The first-order valence-corrected chi connectivity index (χ1v) is 6.65. The van der Waals surface area contributed by atoms with Gasteiger partial charge in [0.1, 0.15) is 6.29 Å². The lowest BCUT2D eigenvalue weighted by molar-refractivity contribution is -0.108. The monoisotopic (exact) mass is 229 g/mol. The third-order valence-corrected chi connectivity index (χ3v) is 2.67. The van der Waals surface area contributed by atoms with Crippen LogP contribution in [-0.4, -0.2) is 32.6 Å². The number of aldehydes is 1. The molecular weight excluding hydrogens is 202 g/mol. The van der Waals surface area contributed by atoms with E-state index in [0.717, 1.165) is 51.3 Å². The average molecular weight is 229 g/mol. The Labute approximate surface area is 99.9 Å². The van der Waals surface area contributed by atoms with Gasteiger partial charge in [-0.05, 0) is 44.7 Å². The van der Waals surface area contributed by atoms with Crippen LogP contribution in [-0.2, 0) is 9.53 Å². The van der Waals surface area contributed by atoms with Crippen LogP contribution in [0.2, 0.25) is 0 Å². The summed E-state index contributed by atoms with van der Waals surface area (Å²) >= 11 is 0. The van der Waals surface area contributed by atoms with Crippen molar-refractivity contribution in [3.05, 3.63) is 0 Å². The topological polar surface area (TPSA) is 38.3 Å². The van der Waals surface area contributed by atoms with Crippen molar-refractivity contribution in [2.24, 2.45) is 5.92 Å². The predicted octanol–water partition coefficient (Wildman–Crippen LogP) is 2.40. The molecule has 0 spiro atoms. The molecule has 1 saturated heterocycles. The van der Waals surface area contributed by atoms with Gasteiger partial charge in [-0.1, -0.05) is 13.8 Å². The van der Waals surface area contributed by atoms with Gasteiger partial charge >= 0.3 is 0 Å². The van der Waals surface area contributed by atoms with E-state index in [2.05, 4.69) is 5.32 Å². The molecule has 1 fully saturated rings. The lowest BCUT2D eigenvalue weighted by Crippen LogP contribution is -2.30. The SMILES string of the molecule is CC.O=CCCCCOCC1CCNCC1. The maximum atomic E-state index is 10.0. The molecule has 1 heterocycles. The fourth-order valence-corrected chi connectivity index (χ4v) is 1.73. The van der Waals surface area contributed by atoms with Crippen molar-refractivity contribution < 1.29 is 9.53 Å². The number of carbonyl (C=O) groups is 1. The molecule has 16 heavy (non-hydrogen) atoms. The fourth-order valence-electron chi connectivity index (χ4n) is 1.73. The molecule has 0 aromatic rings. The van der Waals surface area contributed by atoms with Gasteiger partial charge in [-0.2, -0.15) is 0 Å². The van der Waals surface area contributed by atoms with Gasteiger partial charge in [0, 0.05) is 19.6 Å². The number of ether oxygens (including phenoxy) is 1. The standard InChI is InChI=1S/C11H21NO2.C2H6/c13-8-2-1-3-9-14-10-11-4-6-12-7-5-11;1-2/h8,11-12H,1-7,9-10H2;1-2H3. The van der Waals surface area contributed by atoms with Crippen LogP contribution in [0.5, 0.6) is 0 Å². The van der Waals surface area contributed by atoms with Gasteiger partial charge in [0.05, 0.1) is 0 Å². The normalized spacial score (nSPS) is 16.4. The van der Waals surface area contributed by atoms with Crippen LogP contribution in [0.25, 0.3) is 0 Å². The van der Waals surface area contributed by atoms with Gasteiger partial charge in [-0.3, -0.25) is 0 Å². The van der Waals surface area contributed by atoms with Crippen LogP contribution < -0.4 is 5.32 Å². The second-order valence-electron chi connectivity index (χ2n) is 3.93. The zero-order chi connectivity index (χ0) is 12.1. The van der Waals surface area contributed by atoms with Gasteiger partial charge in [0.25, 0.3) is 0 Å². The largest absolute Gasteiger partial charge is 0.381 e. The summed E-state index contributed by atoms with van der Waals surface area (Å²) in [6.07, 6.45) is 6.13. The van der Waals surface area contributed by atoms with E-state index in [0.29, 0.717) is 6.42 Å². The van der Waals surface area contributed by atoms with Gasteiger partial charge in [-0.15, -0.1) is 0 Å². The summed E-state index contributed by atoms with van der Waals surface area (Å²) in [5.74, 6) is 0.752. The van der Waals surface area contributed by atoms with Crippen molar-refractivity contribution in [3.8, 4) is 0 Å². The summed E-state index contributed by atoms with van der Waals surface area (Å²) in [6.45, 7) is 8.00. The highest BCUT2D eigenvalue weighted by Crippen LogP contribution is 2.11. The van der Waals surface area contributed by atoms with E-state index in [4.69, 9.17) is 4.74 Å². The Morgan fingerprint density at radius 1 is 1.25 bits per heavy atom. The molecule has 0 aliphatic carbocycles. The van der Waals surface area contributed by atoms with Crippen LogP contribution >= 0.6 is 0 Å². The van der Waals surface area contributed by atoms with Crippen LogP contribution in [0.4, 0.5) is 0 Å². The molecule has 0 saturated carbocycles. The number of piperidine rings is 1. The predicted molar refractivity (Wildman–Crippen MR) is 67.7 cm³/mol. The van der Waals surface area contributed by atoms with Crippen molar-refractivity contribution >= 4 is 6.29 Å². The van der Waals surface area contributed by atoms with Gasteiger partial charge in [0.2, 0.25) is 0 Å². The molecule has 0 aromatic carbocycles. The summed E-state index contributed by atoms with van der Waals surface area (Å²) in [5, 5.41) is 3.34.